The van der Waals surface area contributed by atoms with Crippen LogP contribution < -0.4 is 10.5 Å². The van der Waals surface area contributed by atoms with Crippen LogP contribution in [0.25, 0.3) is 10.9 Å². The van der Waals surface area contributed by atoms with E-state index in [1.807, 2.05) is 17.0 Å². The van der Waals surface area contributed by atoms with E-state index in [1.54, 1.807) is 17.0 Å². The average Bonchev–Trinajstić information content (AvgIpc) is 3.28. The Balaban J connectivity index is 1.36. The number of anilines is 1. The zero-order chi connectivity index (χ0) is 21.0. The number of aromatic nitrogens is 1. The average molecular weight is 474 g/mol. The highest BCUT2D eigenvalue weighted by atomic mass is 79.9. The summed E-state index contributed by atoms with van der Waals surface area (Å²) in [6.45, 7) is 2.51. The summed E-state index contributed by atoms with van der Waals surface area (Å²) in [5.41, 5.74) is 1.37. The van der Waals surface area contributed by atoms with Crippen molar-refractivity contribution < 1.29 is 13.6 Å². The minimum absolute atomic E-state index is 0.155. The summed E-state index contributed by atoms with van der Waals surface area (Å²) in [4.78, 5) is 31.9. The fourth-order valence-electron chi connectivity index (χ4n) is 4.62. The van der Waals surface area contributed by atoms with Gasteiger partial charge in [-0.3, -0.25) is 9.59 Å². The molecule has 1 N–H and O–H groups in total. The van der Waals surface area contributed by atoms with Crippen LogP contribution in [-0.2, 0) is 0 Å². The van der Waals surface area contributed by atoms with Crippen LogP contribution in [0.2, 0.25) is 0 Å². The van der Waals surface area contributed by atoms with Gasteiger partial charge < -0.3 is 14.8 Å². The summed E-state index contributed by atoms with van der Waals surface area (Å²) in [5.74, 6) is -1.36. The highest BCUT2D eigenvalue weighted by molar-refractivity contribution is 9.10. The summed E-state index contributed by atoms with van der Waals surface area (Å²) in [7, 11) is 0. The van der Waals surface area contributed by atoms with Gasteiger partial charge in [0.15, 0.2) is 11.6 Å². The van der Waals surface area contributed by atoms with Gasteiger partial charge in [-0.15, -0.1) is 0 Å². The first kappa shape index (κ1) is 19.2. The van der Waals surface area contributed by atoms with Crippen molar-refractivity contribution in [1.29, 1.82) is 0 Å². The topological polar surface area (TPSA) is 56.4 Å². The summed E-state index contributed by atoms with van der Waals surface area (Å²) in [6.07, 6.45) is 0. The Hall–Kier alpha value is -2.74. The summed E-state index contributed by atoms with van der Waals surface area (Å²) in [6, 6.07) is 10.7. The summed E-state index contributed by atoms with van der Waals surface area (Å²) in [5, 5.41) is 0.703. The predicted octanol–water partition coefficient (Wildman–Crippen LogP) is 3.78. The zero-order valence-corrected chi connectivity index (χ0v) is 17.5. The molecule has 3 aromatic rings. The van der Waals surface area contributed by atoms with Gasteiger partial charge >= 0.3 is 0 Å². The van der Waals surface area contributed by atoms with Gasteiger partial charge in [0.2, 0.25) is 5.56 Å². The molecule has 2 atom stereocenters. The number of likely N-dealkylation sites (tertiary alicyclic amines) is 1. The van der Waals surface area contributed by atoms with Gasteiger partial charge in [-0.2, -0.15) is 0 Å². The lowest BCUT2D eigenvalue weighted by molar-refractivity contribution is 0.0784. The number of fused-ring (bicyclic) bond motifs is 2. The van der Waals surface area contributed by atoms with Crippen LogP contribution in [-0.4, -0.2) is 42.0 Å². The monoisotopic (exact) mass is 473 g/mol. The fourth-order valence-corrected chi connectivity index (χ4v) is 4.99. The normalized spacial score (nSPS) is 20.8. The van der Waals surface area contributed by atoms with Crippen molar-refractivity contribution in [3.63, 3.8) is 0 Å². The maximum absolute atomic E-state index is 13.6. The lowest BCUT2D eigenvalue weighted by atomic mass is 10.0. The number of nitrogens with zero attached hydrogens (tertiary/aromatic N) is 2. The SMILES string of the molecule is O=C(c1cc(=O)[nH]c2ccc(Br)cc12)N1CC2CN(c3ccc(F)c(F)c3)CC2C1. The van der Waals surface area contributed by atoms with Gasteiger partial charge in [-0.1, -0.05) is 15.9 Å². The van der Waals surface area contributed by atoms with Gasteiger partial charge in [0, 0.05) is 71.2 Å². The van der Waals surface area contributed by atoms with Gasteiger partial charge in [-0.05, 0) is 30.3 Å². The van der Waals surface area contributed by atoms with Crippen LogP contribution in [0.4, 0.5) is 14.5 Å². The molecule has 0 bridgehead atoms. The Morgan fingerprint density at radius 3 is 2.40 bits per heavy atom. The quantitative estimate of drug-likeness (QED) is 0.616. The molecule has 2 fully saturated rings. The molecule has 0 spiro atoms. The van der Waals surface area contributed by atoms with Crippen molar-refractivity contribution in [2.75, 3.05) is 31.1 Å². The van der Waals surface area contributed by atoms with Crippen LogP contribution >= 0.6 is 15.9 Å². The highest BCUT2D eigenvalue weighted by Gasteiger charge is 2.42. The molecule has 2 saturated heterocycles. The molecule has 0 saturated carbocycles. The van der Waals surface area contributed by atoms with E-state index in [9.17, 15) is 18.4 Å². The third-order valence-corrected chi connectivity index (χ3v) is 6.57. The first-order chi connectivity index (χ1) is 14.4. The first-order valence-corrected chi connectivity index (χ1v) is 10.5. The minimum Gasteiger partial charge on any atom is -0.371 e. The van der Waals surface area contributed by atoms with Crippen LogP contribution in [0.1, 0.15) is 10.4 Å². The van der Waals surface area contributed by atoms with Crippen molar-refractivity contribution in [1.82, 2.24) is 9.88 Å². The molecule has 3 heterocycles. The van der Waals surface area contributed by atoms with E-state index in [0.29, 0.717) is 48.3 Å². The van der Waals surface area contributed by atoms with Crippen molar-refractivity contribution in [3.05, 3.63) is 74.5 Å². The fraction of sp³-hybridized carbons (Fsp3) is 0.273. The Labute approximate surface area is 179 Å². The maximum Gasteiger partial charge on any atom is 0.254 e. The van der Waals surface area contributed by atoms with E-state index in [-0.39, 0.29) is 23.3 Å². The molecule has 1 aromatic heterocycles. The number of benzene rings is 2. The molecule has 30 heavy (non-hydrogen) atoms. The number of rotatable bonds is 2. The Bertz CT molecular complexity index is 1210. The number of amides is 1. The van der Waals surface area contributed by atoms with Gasteiger partial charge in [0.1, 0.15) is 0 Å². The molecule has 2 aliphatic rings. The van der Waals surface area contributed by atoms with Crippen LogP contribution in [0.5, 0.6) is 0 Å². The molecule has 154 valence electrons. The molecular formula is C22H18BrF2N3O2. The molecule has 2 unspecified atom stereocenters. The maximum atomic E-state index is 13.6. The standard InChI is InChI=1S/C22H18BrF2N3O2/c23-14-1-4-20-16(5-14)17(7-21(29)26-20)22(30)28-10-12-8-27(9-13(12)11-28)15-2-3-18(24)19(25)6-15/h1-7,12-13H,8-11H2,(H,26,29). The number of hydrogen-bond donors (Lipinski definition) is 1. The van der Waals surface area contributed by atoms with Crippen LogP contribution in [0.15, 0.2) is 51.7 Å². The highest BCUT2D eigenvalue weighted by Crippen LogP contribution is 2.35. The van der Waals surface area contributed by atoms with Crippen molar-refractivity contribution in [2.24, 2.45) is 11.8 Å². The van der Waals surface area contributed by atoms with E-state index < -0.39 is 11.6 Å². The number of carbonyl (C=O) groups excluding carboxylic acids is 1. The number of hydrogen-bond acceptors (Lipinski definition) is 3. The van der Waals surface area contributed by atoms with Gasteiger partial charge in [0.05, 0.1) is 5.56 Å². The van der Waals surface area contributed by atoms with Crippen molar-refractivity contribution in [2.45, 2.75) is 0 Å². The van der Waals surface area contributed by atoms with Crippen LogP contribution in [0, 0.1) is 23.5 Å². The molecule has 2 aromatic carbocycles. The molecule has 1 amide bonds. The van der Waals surface area contributed by atoms with E-state index in [1.165, 1.54) is 12.1 Å². The largest absolute Gasteiger partial charge is 0.371 e. The second kappa shape index (κ2) is 7.19. The molecular weight excluding hydrogens is 456 g/mol. The molecule has 0 radical (unpaired) electrons. The minimum atomic E-state index is -0.855. The summed E-state index contributed by atoms with van der Waals surface area (Å²) < 4.78 is 27.6. The lowest BCUT2D eigenvalue weighted by Gasteiger charge is -2.23. The molecule has 5 rings (SSSR count). The van der Waals surface area contributed by atoms with E-state index >= 15 is 0 Å². The van der Waals surface area contributed by atoms with E-state index in [0.717, 1.165) is 10.5 Å². The third kappa shape index (κ3) is 3.29. The Morgan fingerprint density at radius 2 is 1.70 bits per heavy atom. The number of aromatic amines is 1. The summed E-state index contributed by atoms with van der Waals surface area (Å²) >= 11 is 3.42. The molecule has 5 nitrogen and oxygen atoms in total. The van der Waals surface area contributed by atoms with Crippen molar-refractivity contribution >= 4 is 38.4 Å². The number of H-pyrrole nitrogens is 1. The van der Waals surface area contributed by atoms with Gasteiger partial charge in [0.25, 0.3) is 5.91 Å². The number of halogens is 3. The number of nitrogens with one attached hydrogen (secondary N) is 1. The second-order valence-electron chi connectivity index (χ2n) is 7.97. The first-order valence-electron chi connectivity index (χ1n) is 9.71. The molecule has 0 aliphatic carbocycles. The van der Waals surface area contributed by atoms with Crippen LogP contribution in [0.3, 0.4) is 0 Å². The second-order valence-corrected chi connectivity index (χ2v) is 8.89. The molecule has 2 aliphatic heterocycles. The number of carbonyl (C=O) groups is 1. The van der Waals surface area contributed by atoms with E-state index in [2.05, 4.69) is 20.9 Å². The third-order valence-electron chi connectivity index (χ3n) is 6.08. The van der Waals surface area contributed by atoms with Crippen molar-refractivity contribution in [3.8, 4) is 0 Å². The smallest absolute Gasteiger partial charge is 0.254 e. The zero-order valence-electron chi connectivity index (χ0n) is 15.9. The number of pyridine rings is 1. The molecule has 8 heteroatoms. The predicted molar refractivity (Wildman–Crippen MR) is 114 cm³/mol. The van der Waals surface area contributed by atoms with E-state index in [4.69, 9.17) is 0 Å². The Kier molecular flexibility index (Phi) is 4.61. The van der Waals surface area contributed by atoms with Gasteiger partial charge in [-0.25, -0.2) is 8.78 Å². The lowest BCUT2D eigenvalue weighted by Crippen LogP contribution is -2.34. The Morgan fingerprint density at radius 1 is 0.967 bits per heavy atom.